The molecule has 0 saturated heterocycles. The topological polar surface area (TPSA) is 62.2 Å². The van der Waals surface area contributed by atoms with Gasteiger partial charge in [-0.15, -0.1) is 11.3 Å². The fourth-order valence-corrected chi connectivity index (χ4v) is 2.13. The minimum Gasteiger partial charge on any atom is -0.481 e. The van der Waals surface area contributed by atoms with Gasteiger partial charge in [0.1, 0.15) is 0 Å². The molecular formula is C10H13F3N2O2S. The summed E-state index contributed by atoms with van der Waals surface area (Å²) >= 11 is 0.848. The number of anilines is 1. The fraction of sp³-hybridized carbons (Fsp3) is 0.600. The van der Waals surface area contributed by atoms with E-state index in [2.05, 4.69) is 10.3 Å². The normalized spacial score (nSPS) is 12.5. The van der Waals surface area contributed by atoms with Crippen molar-refractivity contribution in [1.29, 1.82) is 0 Å². The number of rotatable bonds is 5. The largest absolute Gasteiger partial charge is 0.481 e. The molecule has 1 aromatic rings. The van der Waals surface area contributed by atoms with Gasteiger partial charge in [0.25, 0.3) is 0 Å². The van der Waals surface area contributed by atoms with Crippen LogP contribution in [0.1, 0.15) is 32.4 Å². The molecule has 0 saturated carbocycles. The Morgan fingerprint density at radius 2 is 2.11 bits per heavy atom. The van der Waals surface area contributed by atoms with Crippen LogP contribution in [0.15, 0.2) is 5.38 Å². The molecule has 1 rings (SSSR count). The summed E-state index contributed by atoms with van der Waals surface area (Å²) in [6.45, 7) is 3.43. The Balaban J connectivity index is 2.66. The van der Waals surface area contributed by atoms with Gasteiger partial charge >= 0.3 is 12.1 Å². The number of thiazole rings is 1. The van der Waals surface area contributed by atoms with E-state index in [1.54, 1.807) is 13.8 Å². The Morgan fingerprint density at radius 1 is 1.50 bits per heavy atom. The van der Waals surface area contributed by atoms with E-state index in [9.17, 15) is 18.0 Å². The van der Waals surface area contributed by atoms with Crippen molar-refractivity contribution in [3.63, 3.8) is 0 Å². The molecule has 0 atom stereocenters. The zero-order valence-corrected chi connectivity index (χ0v) is 10.7. The first-order valence-corrected chi connectivity index (χ1v) is 6.01. The molecule has 0 aliphatic heterocycles. The minimum absolute atomic E-state index is 0.0580. The highest BCUT2D eigenvalue weighted by Gasteiger charge is 2.34. The first-order valence-electron chi connectivity index (χ1n) is 5.13. The van der Waals surface area contributed by atoms with Crippen molar-refractivity contribution in [3.8, 4) is 0 Å². The van der Waals surface area contributed by atoms with E-state index >= 15 is 0 Å². The average molecular weight is 282 g/mol. The lowest BCUT2D eigenvalue weighted by molar-refractivity contribution is -0.140. The van der Waals surface area contributed by atoms with Crippen LogP contribution in [0, 0.1) is 0 Å². The number of nitrogens with one attached hydrogen (secondary N) is 1. The van der Waals surface area contributed by atoms with Crippen molar-refractivity contribution < 1.29 is 23.1 Å². The van der Waals surface area contributed by atoms with Gasteiger partial charge in [0.05, 0.1) is 0 Å². The Bertz CT molecular complexity index is 429. The summed E-state index contributed by atoms with van der Waals surface area (Å²) in [6.07, 6.45) is -4.22. The molecule has 8 heteroatoms. The van der Waals surface area contributed by atoms with Crippen LogP contribution >= 0.6 is 11.3 Å². The van der Waals surface area contributed by atoms with Crippen LogP contribution < -0.4 is 5.32 Å². The maximum atomic E-state index is 12.3. The number of hydrogen-bond acceptors (Lipinski definition) is 4. The van der Waals surface area contributed by atoms with Crippen LogP contribution in [-0.2, 0) is 11.0 Å². The van der Waals surface area contributed by atoms with E-state index in [0.29, 0.717) is 6.42 Å². The number of hydrogen-bond donors (Lipinski definition) is 2. The highest BCUT2D eigenvalue weighted by atomic mass is 32.1. The summed E-state index contributed by atoms with van der Waals surface area (Å²) in [5.74, 6) is -0.944. The smallest absolute Gasteiger partial charge is 0.434 e. The molecule has 0 radical (unpaired) electrons. The first-order chi connectivity index (χ1) is 8.10. The molecule has 0 aromatic carbocycles. The van der Waals surface area contributed by atoms with Crippen molar-refractivity contribution in [2.75, 3.05) is 5.32 Å². The SMILES string of the molecule is CC(C)(CCC(=O)O)Nc1nc(C(F)(F)F)cs1. The van der Waals surface area contributed by atoms with Gasteiger partial charge < -0.3 is 10.4 Å². The van der Waals surface area contributed by atoms with E-state index in [0.717, 1.165) is 16.7 Å². The fourth-order valence-electron chi connectivity index (χ4n) is 1.23. The summed E-state index contributed by atoms with van der Waals surface area (Å²) < 4.78 is 37.0. The van der Waals surface area contributed by atoms with Crippen LogP contribution in [0.4, 0.5) is 18.3 Å². The molecule has 2 N–H and O–H groups in total. The van der Waals surface area contributed by atoms with Gasteiger partial charge in [-0.05, 0) is 20.3 Å². The lowest BCUT2D eigenvalue weighted by Crippen LogP contribution is -2.31. The third-order valence-electron chi connectivity index (χ3n) is 2.20. The number of aliphatic carboxylic acids is 1. The molecule has 0 amide bonds. The molecule has 102 valence electrons. The number of carboxylic acid groups (broad SMARTS) is 1. The predicted octanol–water partition coefficient (Wildman–Crippen LogP) is 3.22. The summed E-state index contributed by atoms with van der Waals surface area (Å²) in [5.41, 5.74) is -1.57. The second-order valence-corrected chi connectivity index (χ2v) is 5.30. The molecule has 0 aliphatic rings. The van der Waals surface area contributed by atoms with Crippen LogP contribution in [0.3, 0.4) is 0 Å². The van der Waals surface area contributed by atoms with E-state index < -0.39 is 23.4 Å². The second-order valence-electron chi connectivity index (χ2n) is 4.44. The van der Waals surface area contributed by atoms with Crippen molar-refractivity contribution in [3.05, 3.63) is 11.1 Å². The summed E-state index contributed by atoms with van der Waals surface area (Å²) in [5, 5.41) is 12.4. The first kappa shape index (κ1) is 14.7. The molecule has 1 heterocycles. The molecule has 0 aliphatic carbocycles. The predicted molar refractivity (Wildman–Crippen MR) is 61.7 cm³/mol. The third kappa shape index (κ3) is 4.52. The Labute approximate surface area is 106 Å². The number of carbonyl (C=O) groups is 1. The standard InChI is InChI=1S/C10H13F3N2O2S/c1-9(2,4-3-7(16)17)15-8-14-6(5-18-8)10(11,12)13/h5H,3-4H2,1-2H3,(H,14,15)(H,16,17). The molecule has 1 aromatic heterocycles. The monoisotopic (exact) mass is 282 g/mol. The number of alkyl halides is 3. The second kappa shape index (κ2) is 5.13. The minimum atomic E-state index is -4.46. The van der Waals surface area contributed by atoms with Gasteiger partial charge in [0, 0.05) is 17.3 Å². The van der Waals surface area contributed by atoms with Crippen molar-refractivity contribution >= 4 is 22.4 Å². The number of nitrogens with zero attached hydrogens (tertiary/aromatic N) is 1. The summed E-state index contributed by atoms with van der Waals surface area (Å²) in [7, 11) is 0. The molecule has 0 unspecified atom stereocenters. The summed E-state index contributed by atoms with van der Waals surface area (Å²) in [6, 6.07) is 0. The van der Waals surface area contributed by atoms with Gasteiger partial charge in [0.2, 0.25) is 0 Å². The zero-order valence-electron chi connectivity index (χ0n) is 9.84. The van der Waals surface area contributed by atoms with E-state index in [1.165, 1.54) is 0 Å². The van der Waals surface area contributed by atoms with Gasteiger partial charge in [-0.1, -0.05) is 0 Å². The Hall–Kier alpha value is -1.31. The zero-order chi connectivity index (χ0) is 14.0. The molecule has 0 fully saturated rings. The molecule has 4 nitrogen and oxygen atoms in total. The Kier molecular flexibility index (Phi) is 4.20. The van der Waals surface area contributed by atoms with Crippen LogP contribution in [0.2, 0.25) is 0 Å². The van der Waals surface area contributed by atoms with E-state index in [-0.39, 0.29) is 11.6 Å². The van der Waals surface area contributed by atoms with Crippen molar-refractivity contribution in [2.45, 2.75) is 38.4 Å². The number of carboxylic acids is 1. The van der Waals surface area contributed by atoms with Crippen LogP contribution in [0.25, 0.3) is 0 Å². The summed E-state index contributed by atoms with van der Waals surface area (Å²) in [4.78, 5) is 13.9. The van der Waals surface area contributed by atoms with Gasteiger partial charge in [-0.2, -0.15) is 13.2 Å². The lowest BCUT2D eigenvalue weighted by atomic mass is 9.99. The van der Waals surface area contributed by atoms with Gasteiger partial charge in [-0.25, -0.2) is 4.98 Å². The number of halogens is 3. The molecule has 0 spiro atoms. The quantitative estimate of drug-likeness (QED) is 0.870. The van der Waals surface area contributed by atoms with Crippen LogP contribution in [-0.4, -0.2) is 21.6 Å². The maximum Gasteiger partial charge on any atom is 0.434 e. The third-order valence-corrected chi connectivity index (χ3v) is 2.96. The van der Waals surface area contributed by atoms with Crippen molar-refractivity contribution in [2.24, 2.45) is 0 Å². The molecular weight excluding hydrogens is 269 g/mol. The maximum absolute atomic E-state index is 12.3. The highest BCUT2D eigenvalue weighted by Crippen LogP contribution is 2.32. The van der Waals surface area contributed by atoms with E-state index in [1.807, 2.05) is 0 Å². The van der Waals surface area contributed by atoms with Crippen molar-refractivity contribution in [1.82, 2.24) is 4.98 Å². The van der Waals surface area contributed by atoms with Gasteiger partial charge in [-0.3, -0.25) is 4.79 Å². The highest BCUT2D eigenvalue weighted by molar-refractivity contribution is 7.13. The number of aromatic nitrogens is 1. The average Bonchev–Trinajstić information content (AvgIpc) is 2.62. The lowest BCUT2D eigenvalue weighted by Gasteiger charge is -2.25. The van der Waals surface area contributed by atoms with Gasteiger partial charge in [0.15, 0.2) is 10.8 Å². The Morgan fingerprint density at radius 3 is 2.56 bits per heavy atom. The van der Waals surface area contributed by atoms with Crippen LogP contribution in [0.5, 0.6) is 0 Å². The molecule has 18 heavy (non-hydrogen) atoms. The van der Waals surface area contributed by atoms with E-state index in [4.69, 9.17) is 5.11 Å². The molecule has 0 bridgehead atoms.